The van der Waals surface area contributed by atoms with Crippen molar-refractivity contribution in [3.63, 3.8) is 0 Å². The summed E-state index contributed by atoms with van der Waals surface area (Å²) in [5.74, 6) is 0. The summed E-state index contributed by atoms with van der Waals surface area (Å²) < 4.78 is 0. The van der Waals surface area contributed by atoms with Crippen molar-refractivity contribution in [2.45, 2.75) is 13.5 Å². The molecule has 0 fully saturated rings. The molecule has 19 heavy (non-hydrogen) atoms. The zero-order valence-corrected chi connectivity index (χ0v) is 10.9. The quantitative estimate of drug-likeness (QED) is 0.516. The molecular formula is C12H11N3O3S. The first-order valence-corrected chi connectivity index (χ1v) is 6.36. The Morgan fingerprint density at radius 2 is 2.32 bits per heavy atom. The maximum atomic E-state index is 11.0. The van der Waals surface area contributed by atoms with Crippen LogP contribution in [0.4, 0.5) is 11.4 Å². The zero-order valence-electron chi connectivity index (χ0n) is 10.1. The Kier molecular flexibility index (Phi) is 3.86. The third-order valence-electron chi connectivity index (χ3n) is 2.64. The van der Waals surface area contributed by atoms with Crippen molar-refractivity contribution >= 4 is 29.0 Å². The SMILES string of the molecule is Cc1ncsc1CNc1ccc(C=O)cc1[N+](=O)[O-]. The maximum Gasteiger partial charge on any atom is 0.293 e. The predicted molar refractivity (Wildman–Crippen MR) is 72.7 cm³/mol. The molecule has 0 saturated heterocycles. The lowest BCUT2D eigenvalue weighted by Gasteiger charge is -2.06. The Bertz CT molecular complexity index is 624. The van der Waals surface area contributed by atoms with Crippen molar-refractivity contribution in [3.05, 3.63) is 50.0 Å². The highest BCUT2D eigenvalue weighted by molar-refractivity contribution is 7.09. The Morgan fingerprint density at radius 3 is 2.89 bits per heavy atom. The number of benzene rings is 1. The number of nitro benzene ring substituents is 1. The second-order valence-electron chi connectivity index (χ2n) is 3.87. The molecule has 0 aliphatic heterocycles. The van der Waals surface area contributed by atoms with Gasteiger partial charge in [-0.1, -0.05) is 0 Å². The lowest BCUT2D eigenvalue weighted by Crippen LogP contribution is -2.03. The van der Waals surface area contributed by atoms with Crippen molar-refractivity contribution in [3.8, 4) is 0 Å². The van der Waals surface area contributed by atoms with Gasteiger partial charge in [0.15, 0.2) is 0 Å². The highest BCUT2D eigenvalue weighted by Crippen LogP contribution is 2.26. The van der Waals surface area contributed by atoms with Crippen LogP contribution in [0.25, 0.3) is 0 Å². The van der Waals surface area contributed by atoms with Gasteiger partial charge >= 0.3 is 0 Å². The molecule has 0 unspecified atom stereocenters. The summed E-state index contributed by atoms with van der Waals surface area (Å²) in [5.41, 5.74) is 3.21. The lowest BCUT2D eigenvalue weighted by molar-refractivity contribution is -0.384. The summed E-state index contributed by atoms with van der Waals surface area (Å²) >= 11 is 1.49. The first-order valence-electron chi connectivity index (χ1n) is 5.48. The van der Waals surface area contributed by atoms with Gasteiger partial charge in [0.2, 0.25) is 0 Å². The molecule has 0 radical (unpaired) electrons. The number of aromatic nitrogens is 1. The molecule has 0 saturated carbocycles. The molecule has 6 nitrogen and oxygen atoms in total. The molecule has 98 valence electrons. The first-order chi connectivity index (χ1) is 9.11. The van der Waals surface area contributed by atoms with E-state index in [9.17, 15) is 14.9 Å². The van der Waals surface area contributed by atoms with E-state index in [0.29, 0.717) is 18.5 Å². The number of thiazole rings is 1. The monoisotopic (exact) mass is 277 g/mol. The minimum atomic E-state index is -0.505. The van der Waals surface area contributed by atoms with Gasteiger partial charge in [-0.05, 0) is 19.1 Å². The third-order valence-corrected chi connectivity index (χ3v) is 3.57. The first kappa shape index (κ1) is 13.2. The average molecular weight is 277 g/mol. The molecule has 1 heterocycles. The highest BCUT2D eigenvalue weighted by atomic mass is 32.1. The molecule has 0 bridgehead atoms. The summed E-state index contributed by atoms with van der Waals surface area (Å²) in [6.45, 7) is 2.36. The fraction of sp³-hybridized carbons (Fsp3) is 0.167. The number of nitrogens with one attached hydrogen (secondary N) is 1. The minimum Gasteiger partial charge on any atom is -0.375 e. The van der Waals surface area contributed by atoms with Gasteiger partial charge in [-0.2, -0.15) is 0 Å². The summed E-state index contributed by atoms with van der Waals surface area (Å²) in [4.78, 5) is 26.2. The molecule has 1 aromatic carbocycles. The zero-order chi connectivity index (χ0) is 13.8. The van der Waals surface area contributed by atoms with Crippen LogP contribution in [-0.2, 0) is 6.54 Å². The molecule has 0 amide bonds. The number of nitro groups is 1. The summed E-state index contributed by atoms with van der Waals surface area (Å²) in [7, 11) is 0. The van der Waals surface area contributed by atoms with Gasteiger partial charge in [0.05, 0.1) is 22.7 Å². The van der Waals surface area contributed by atoms with Crippen LogP contribution in [0.5, 0.6) is 0 Å². The fourth-order valence-electron chi connectivity index (χ4n) is 1.59. The Morgan fingerprint density at radius 1 is 1.53 bits per heavy atom. The number of hydrogen-bond donors (Lipinski definition) is 1. The predicted octanol–water partition coefficient (Wildman–Crippen LogP) is 2.78. The van der Waals surface area contributed by atoms with Crippen molar-refractivity contribution in [1.82, 2.24) is 4.98 Å². The van der Waals surface area contributed by atoms with Gasteiger partial charge in [-0.3, -0.25) is 14.9 Å². The number of carbonyl (C=O) groups excluding carboxylic acids is 1. The van der Waals surface area contributed by atoms with E-state index < -0.39 is 4.92 Å². The van der Waals surface area contributed by atoms with Crippen molar-refractivity contribution < 1.29 is 9.72 Å². The summed E-state index contributed by atoms with van der Waals surface area (Å²) in [6, 6.07) is 4.34. The van der Waals surface area contributed by atoms with E-state index in [1.807, 2.05) is 6.92 Å². The second-order valence-corrected chi connectivity index (χ2v) is 4.81. The number of nitrogens with zero attached hydrogens (tertiary/aromatic N) is 2. The van der Waals surface area contributed by atoms with Gasteiger partial charge in [-0.15, -0.1) is 11.3 Å². The molecule has 0 spiro atoms. The van der Waals surface area contributed by atoms with E-state index in [1.54, 1.807) is 11.6 Å². The van der Waals surface area contributed by atoms with E-state index in [0.717, 1.165) is 10.6 Å². The average Bonchev–Trinajstić information content (AvgIpc) is 2.81. The van der Waals surface area contributed by atoms with E-state index in [-0.39, 0.29) is 11.3 Å². The summed E-state index contributed by atoms with van der Waals surface area (Å²) in [6.07, 6.45) is 0.587. The van der Waals surface area contributed by atoms with Gasteiger partial charge in [-0.25, -0.2) is 4.98 Å². The van der Waals surface area contributed by atoms with Crippen LogP contribution in [0.3, 0.4) is 0 Å². The highest BCUT2D eigenvalue weighted by Gasteiger charge is 2.14. The molecule has 0 aliphatic carbocycles. The number of rotatable bonds is 5. The smallest absolute Gasteiger partial charge is 0.293 e. The van der Waals surface area contributed by atoms with E-state index in [1.165, 1.54) is 23.5 Å². The van der Waals surface area contributed by atoms with Crippen LogP contribution < -0.4 is 5.32 Å². The lowest BCUT2D eigenvalue weighted by atomic mass is 10.2. The number of anilines is 1. The second kappa shape index (κ2) is 5.57. The largest absolute Gasteiger partial charge is 0.375 e. The number of carbonyl (C=O) groups is 1. The molecule has 0 aliphatic rings. The molecule has 7 heteroatoms. The van der Waals surface area contributed by atoms with Crippen LogP contribution >= 0.6 is 11.3 Å². The van der Waals surface area contributed by atoms with Crippen molar-refractivity contribution in [1.29, 1.82) is 0 Å². The Balaban J connectivity index is 2.22. The van der Waals surface area contributed by atoms with Gasteiger partial charge in [0, 0.05) is 16.5 Å². The topological polar surface area (TPSA) is 85.1 Å². The molecule has 0 atom stereocenters. The van der Waals surface area contributed by atoms with Crippen LogP contribution in [-0.4, -0.2) is 16.2 Å². The van der Waals surface area contributed by atoms with Crippen LogP contribution in [0, 0.1) is 17.0 Å². The van der Waals surface area contributed by atoms with Gasteiger partial charge in [0.1, 0.15) is 12.0 Å². The Labute approximate surface area is 113 Å². The minimum absolute atomic E-state index is 0.105. The molecule has 2 rings (SSSR count). The van der Waals surface area contributed by atoms with E-state index >= 15 is 0 Å². The molecule has 2 aromatic rings. The Hall–Kier alpha value is -2.28. The van der Waals surface area contributed by atoms with E-state index in [4.69, 9.17) is 0 Å². The number of aryl methyl sites for hydroxylation is 1. The van der Waals surface area contributed by atoms with Crippen molar-refractivity contribution in [2.75, 3.05) is 5.32 Å². The van der Waals surface area contributed by atoms with Gasteiger partial charge < -0.3 is 5.32 Å². The molecule has 1 N–H and O–H groups in total. The number of hydrogen-bond acceptors (Lipinski definition) is 6. The number of aldehydes is 1. The van der Waals surface area contributed by atoms with Gasteiger partial charge in [0.25, 0.3) is 5.69 Å². The normalized spacial score (nSPS) is 10.2. The van der Waals surface area contributed by atoms with Crippen LogP contribution in [0.1, 0.15) is 20.9 Å². The maximum absolute atomic E-state index is 11.0. The fourth-order valence-corrected chi connectivity index (χ4v) is 2.31. The van der Waals surface area contributed by atoms with Crippen LogP contribution in [0.2, 0.25) is 0 Å². The standard InChI is InChI=1S/C12H11N3O3S/c1-8-12(19-7-14-8)5-13-10-3-2-9(6-16)4-11(10)15(17)18/h2-4,6-7,13H,5H2,1H3. The van der Waals surface area contributed by atoms with Crippen LogP contribution in [0.15, 0.2) is 23.7 Å². The molecular weight excluding hydrogens is 266 g/mol. The third kappa shape index (κ3) is 2.94. The molecule has 1 aromatic heterocycles. The van der Waals surface area contributed by atoms with Crippen molar-refractivity contribution in [2.24, 2.45) is 0 Å². The van der Waals surface area contributed by atoms with E-state index in [2.05, 4.69) is 10.3 Å². The summed E-state index contributed by atoms with van der Waals surface area (Å²) in [5, 5.41) is 14.0.